The molecule has 0 aliphatic heterocycles. The monoisotopic (exact) mass is 533 g/mol. The number of methoxy groups -OCH3 is 2. The normalized spacial score (nSPS) is 11.1. The zero-order valence-electron chi connectivity index (χ0n) is 22.6. The van der Waals surface area contributed by atoms with Crippen LogP contribution < -0.4 is 14.8 Å². The molecule has 8 heteroatoms. The number of hydrogen-bond acceptors (Lipinski definition) is 5. The summed E-state index contributed by atoms with van der Waals surface area (Å²) < 4.78 is 31.5. The third kappa shape index (κ3) is 8.04. The van der Waals surface area contributed by atoms with E-state index in [0.717, 1.165) is 72.6 Å². The van der Waals surface area contributed by atoms with E-state index < -0.39 is 0 Å². The molecule has 3 aromatic carbocycles. The van der Waals surface area contributed by atoms with Gasteiger partial charge in [-0.25, -0.2) is 9.37 Å². The number of nitrogens with zero attached hydrogens (tertiary/aromatic N) is 2. The van der Waals surface area contributed by atoms with E-state index in [9.17, 15) is 9.18 Å². The fourth-order valence-corrected chi connectivity index (χ4v) is 4.55. The Hall–Kier alpha value is -3.91. The van der Waals surface area contributed by atoms with Crippen LogP contribution in [-0.2, 0) is 35.5 Å². The first kappa shape index (κ1) is 28.1. The molecule has 0 spiro atoms. The van der Waals surface area contributed by atoms with Crippen LogP contribution in [0.3, 0.4) is 0 Å². The van der Waals surface area contributed by atoms with Gasteiger partial charge in [-0.15, -0.1) is 0 Å². The number of unbranched alkanes of at least 4 members (excludes halogenated alkanes) is 2. The summed E-state index contributed by atoms with van der Waals surface area (Å²) >= 11 is 0. The maximum atomic E-state index is 13.0. The van der Waals surface area contributed by atoms with Gasteiger partial charge in [-0.05, 0) is 66.8 Å². The van der Waals surface area contributed by atoms with E-state index in [-0.39, 0.29) is 24.9 Å². The molecule has 0 bridgehead atoms. The Morgan fingerprint density at radius 3 is 2.46 bits per heavy atom. The molecule has 0 aliphatic rings. The van der Waals surface area contributed by atoms with Crippen molar-refractivity contribution in [3.05, 3.63) is 89.5 Å². The molecule has 1 N–H and O–H groups in total. The van der Waals surface area contributed by atoms with Gasteiger partial charge >= 0.3 is 0 Å². The maximum Gasteiger partial charge on any atom is 0.246 e. The van der Waals surface area contributed by atoms with E-state index in [1.54, 1.807) is 26.4 Å². The number of imidazole rings is 1. The molecule has 4 rings (SSSR count). The smallest absolute Gasteiger partial charge is 0.246 e. The van der Waals surface area contributed by atoms with Crippen molar-refractivity contribution in [1.29, 1.82) is 0 Å². The molecule has 0 unspecified atom stereocenters. The molecule has 0 fully saturated rings. The summed E-state index contributed by atoms with van der Waals surface area (Å²) in [6.45, 7) is 1.69. The lowest BCUT2D eigenvalue weighted by Gasteiger charge is -2.12. The van der Waals surface area contributed by atoms with Gasteiger partial charge in [-0.2, -0.15) is 0 Å². The summed E-state index contributed by atoms with van der Waals surface area (Å²) in [6.07, 6.45) is 4.57. The van der Waals surface area contributed by atoms with Gasteiger partial charge in [0.2, 0.25) is 5.91 Å². The number of nitrogens with one attached hydrogen (secondary N) is 1. The Kier molecular flexibility index (Phi) is 10.3. The van der Waals surface area contributed by atoms with Crippen LogP contribution in [0.15, 0.2) is 66.7 Å². The molecule has 1 aromatic heterocycles. The number of aryl methyl sites for hydroxylation is 3. The predicted molar refractivity (Wildman–Crippen MR) is 150 cm³/mol. The SMILES string of the molecule is COc1ccc(CCn2c(CCCCCNC(=O)COCc3ccc(F)cc3)nc3ccccc32)cc1OC. The summed E-state index contributed by atoms with van der Waals surface area (Å²) in [4.78, 5) is 16.9. The number of hydrogen-bond donors (Lipinski definition) is 1. The second-order valence-corrected chi connectivity index (χ2v) is 9.39. The number of rotatable bonds is 15. The Morgan fingerprint density at radius 1 is 0.897 bits per heavy atom. The van der Waals surface area contributed by atoms with Crippen LogP contribution in [0.25, 0.3) is 11.0 Å². The highest BCUT2D eigenvalue weighted by molar-refractivity contribution is 5.77. The third-order valence-electron chi connectivity index (χ3n) is 6.62. The summed E-state index contributed by atoms with van der Waals surface area (Å²) in [5.41, 5.74) is 4.15. The number of aromatic nitrogens is 2. The van der Waals surface area contributed by atoms with Gasteiger partial charge in [0.05, 0.1) is 31.9 Å². The zero-order chi connectivity index (χ0) is 27.5. The van der Waals surface area contributed by atoms with Crippen molar-refractivity contribution in [3.8, 4) is 11.5 Å². The van der Waals surface area contributed by atoms with E-state index in [1.165, 1.54) is 17.7 Å². The Bertz CT molecular complexity index is 1350. The van der Waals surface area contributed by atoms with Crippen molar-refractivity contribution in [2.24, 2.45) is 0 Å². The number of benzene rings is 3. The highest BCUT2D eigenvalue weighted by Crippen LogP contribution is 2.28. The zero-order valence-corrected chi connectivity index (χ0v) is 22.6. The van der Waals surface area contributed by atoms with Crippen molar-refractivity contribution in [2.75, 3.05) is 27.4 Å². The Labute approximate surface area is 228 Å². The minimum Gasteiger partial charge on any atom is -0.493 e. The summed E-state index contributed by atoms with van der Waals surface area (Å²) in [5, 5.41) is 2.90. The molecular weight excluding hydrogens is 497 g/mol. The minimum absolute atomic E-state index is 0.0124. The van der Waals surface area contributed by atoms with Crippen LogP contribution in [0.5, 0.6) is 11.5 Å². The van der Waals surface area contributed by atoms with Crippen LogP contribution >= 0.6 is 0 Å². The van der Waals surface area contributed by atoms with Gasteiger partial charge in [0, 0.05) is 19.5 Å². The second-order valence-electron chi connectivity index (χ2n) is 9.39. The summed E-state index contributed by atoms with van der Waals surface area (Å²) in [7, 11) is 3.29. The molecule has 4 aromatic rings. The van der Waals surface area contributed by atoms with Crippen LogP contribution in [0.4, 0.5) is 4.39 Å². The average molecular weight is 534 g/mol. The number of carbonyl (C=O) groups is 1. The second kappa shape index (κ2) is 14.3. The van der Waals surface area contributed by atoms with Gasteiger partial charge < -0.3 is 24.1 Å². The first-order chi connectivity index (χ1) is 19.1. The number of amides is 1. The van der Waals surface area contributed by atoms with Crippen molar-refractivity contribution in [3.63, 3.8) is 0 Å². The number of halogens is 1. The average Bonchev–Trinajstić information content (AvgIpc) is 3.31. The van der Waals surface area contributed by atoms with E-state index in [2.05, 4.69) is 28.1 Å². The minimum atomic E-state index is -0.289. The summed E-state index contributed by atoms with van der Waals surface area (Å²) in [5.74, 6) is 2.10. The Balaban J connectivity index is 1.22. The summed E-state index contributed by atoms with van der Waals surface area (Å²) in [6, 6.07) is 20.3. The largest absolute Gasteiger partial charge is 0.493 e. The molecule has 206 valence electrons. The standard InChI is InChI=1S/C31H36FN3O4/c1-37-28-16-13-23(20-29(28)38-2)17-19-35-27-9-6-5-8-26(27)34-30(35)10-4-3-7-18-33-31(36)22-39-21-24-11-14-25(32)15-12-24/h5-6,8-9,11-16,20H,3-4,7,10,17-19,21-22H2,1-2H3,(H,33,36). The quantitative estimate of drug-likeness (QED) is 0.205. The first-order valence-corrected chi connectivity index (χ1v) is 13.3. The number of para-hydroxylation sites is 2. The molecule has 0 saturated heterocycles. The lowest BCUT2D eigenvalue weighted by atomic mass is 10.1. The molecule has 1 heterocycles. The molecule has 0 aliphatic carbocycles. The number of fused-ring (bicyclic) bond motifs is 1. The van der Waals surface area contributed by atoms with E-state index >= 15 is 0 Å². The Morgan fingerprint density at radius 2 is 1.67 bits per heavy atom. The molecule has 7 nitrogen and oxygen atoms in total. The third-order valence-corrected chi connectivity index (χ3v) is 6.62. The number of ether oxygens (including phenoxy) is 3. The van der Waals surface area contributed by atoms with Gasteiger partial charge in [-0.3, -0.25) is 4.79 Å². The fourth-order valence-electron chi connectivity index (χ4n) is 4.55. The maximum absolute atomic E-state index is 13.0. The van der Waals surface area contributed by atoms with Gasteiger partial charge in [0.1, 0.15) is 18.2 Å². The molecule has 0 atom stereocenters. The van der Waals surface area contributed by atoms with Crippen molar-refractivity contribution in [1.82, 2.24) is 14.9 Å². The van der Waals surface area contributed by atoms with Crippen molar-refractivity contribution >= 4 is 16.9 Å². The fraction of sp³-hybridized carbons (Fsp3) is 0.355. The van der Waals surface area contributed by atoms with Crippen LogP contribution in [-0.4, -0.2) is 42.8 Å². The lowest BCUT2D eigenvalue weighted by Crippen LogP contribution is -2.28. The van der Waals surface area contributed by atoms with Crippen LogP contribution in [0.1, 0.15) is 36.2 Å². The highest BCUT2D eigenvalue weighted by Gasteiger charge is 2.12. The molecular formula is C31H36FN3O4. The molecule has 1 amide bonds. The topological polar surface area (TPSA) is 74.6 Å². The van der Waals surface area contributed by atoms with E-state index in [4.69, 9.17) is 19.2 Å². The van der Waals surface area contributed by atoms with Crippen LogP contribution in [0.2, 0.25) is 0 Å². The van der Waals surface area contributed by atoms with E-state index in [0.29, 0.717) is 6.54 Å². The van der Waals surface area contributed by atoms with E-state index in [1.807, 2.05) is 24.3 Å². The lowest BCUT2D eigenvalue weighted by molar-refractivity contribution is -0.126. The molecule has 0 saturated carbocycles. The molecule has 0 radical (unpaired) electrons. The molecule has 39 heavy (non-hydrogen) atoms. The highest BCUT2D eigenvalue weighted by atomic mass is 19.1. The van der Waals surface area contributed by atoms with Crippen LogP contribution in [0, 0.1) is 5.82 Å². The number of carbonyl (C=O) groups excluding carboxylic acids is 1. The van der Waals surface area contributed by atoms with Gasteiger partial charge in [-0.1, -0.05) is 36.8 Å². The van der Waals surface area contributed by atoms with Gasteiger partial charge in [0.15, 0.2) is 11.5 Å². The van der Waals surface area contributed by atoms with Gasteiger partial charge in [0.25, 0.3) is 0 Å². The van der Waals surface area contributed by atoms with Crippen molar-refractivity contribution in [2.45, 2.75) is 45.3 Å². The first-order valence-electron chi connectivity index (χ1n) is 13.3. The predicted octanol–water partition coefficient (Wildman–Crippen LogP) is 5.48. The van der Waals surface area contributed by atoms with Crippen molar-refractivity contribution < 1.29 is 23.4 Å².